The molecule has 2 aromatic carbocycles. The topological polar surface area (TPSA) is 70.7 Å². The zero-order valence-corrected chi connectivity index (χ0v) is 28.3. The highest BCUT2D eigenvalue weighted by atomic mass is 19.4. The molecule has 1 N–H and O–H groups in total. The Morgan fingerprint density at radius 3 is 2.63 bits per heavy atom. The van der Waals surface area contributed by atoms with Crippen LogP contribution in [0.4, 0.5) is 24.5 Å². The number of carbonyl (C=O) groups excluding carboxylic acids is 1. The van der Waals surface area contributed by atoms with Crippen LogP contribution >= 0.6 is 0 Å². The van der Waals surface area contributed by atoms with Gasteiger partial charge >= 0.3 is 6.18 Å². The van der Waals surface area contributed by atoms with Crippen LogP contribution in [0.3, 0.4) is 0 Å². The summed E-state index contributed by atoms with van der Waals surface area (Å²) in [6.07, 6.45) is 2.61. The molecular weight excluding hydrogens is 627 g/mol. The van der Waals surface area contributed by atoms with E-state index in [1.165, 1.54) is 6.07 Å². The molecule has 11 heteroatoms. The smallest absolute Gasteiger partial charge is 0.350 e. The van der Waals surface area contributed by atoms with Crippen LogP contribution in [0, 0.1) is 18.8 Å². The number of likely N-dealkylation sites (N-methyl/N-ethyl adjacent to an activating group) is 1. The Hall–Kier alpha value is -4.92. The molecule has 0 aliphatic carbocycles. The Morgan fingerprint density at radius 2 is 1.90 bits per heavy atom. The summed E-state index contributed by atoms with van der Waals surface area (Å²) in [5.74, 6) is 6.09. The maximum Gasteiger partial charge on any atom is 0.416 e. The van der Waals surface area contributed by atoms with Crippen molar-refractivity contribution in [3.63, 3.8) is 0 Å². The number of aryl methyl sites for hydroxylation is 1. The monoisotopic (exact) mass is 667 g/mol. The zero-order chi connectivity index (χ0) is 34.9. The van der Waals surface area contributed by atoms with Gasteiger partial charge in [0.15, 0.2) is 11.4 Å². The number of carbonyl (C=O) groups is 1. The number of halogens is 3. The van der Waals surface area contributed by atoms with E-state index in [2.05, 4.69) is 57.8 Å². The average Bonchev–Trinajstić information content (AvgIpc) is 3.70. The van der Waals surface area contributed by atoms with Gasteiger partial charge < -0.3 is 10.2 Å². The number of benzene rings is 2. The minimum absolute atomic E-state index is 0.149. The number of nitrogens with one attached hydrogen (secondary N) is 1. The predicted octanol–water partition coefficient (Wildman–Crippen LogP) is 7.14. The number of rotatable bonds is 8. The summed E-state index contributed by atoms with van der Waals surface area (Å²) in [7, 11) is 2.03. The quantitative estimate of drug-likeness (QED) is 0.140. The Balaban J connectivity index is 1.19. The SMILES string of the molecule is Cc1ccc(C(=O)Cc2ccc(CN3CCN(C)[C@H](C)C3)c(C(F)(F)F)c2)cc1C#Cc1cnc2c(Nc3cnn(C(C)C)c3)cccn12. The summed E-state index contributed by atoms with van der Waals surface area (Å²) in [6, 6.07) is 13.9. The Kier molecular flexibility index (Phi) is 9.63. The minimum atomic E-state index is -4.52. The number of alkyl halides is 3. The lowest BCUT2D eigenvalue weighted by atomic mass is 9.96. The Morgan fingerprint density at radius 1 is 1.08 bits per heavy atom. The number of hydrogen-bond donors (Lipinski definition) is 1. The molecule has 254 valence electrons. The first-order valence-electron chi connectivity index (χ1n) is 16.4. The van der Waals surface area contributed by atoms with E-state index in [1.54, 1.807) is 30.6 Å². The molecule has 8 nitrogen and oxygen atoms in total. The van der Waals surface area contributed by atoms with E-state index in [0.717, 1.165) is 29.5 Å². The van der Waals surface area contributed by atoms with Crippen LogP contribution in [-0.4, -0.2) is 67.5 Å². The van der Waals surface area contributed by atoms with Crippen LogP contribution in [0.5, 0.6) is 0 Å². The van der Waals surface area contributed by atoms with Gasteiger partial charge in [0, 0.05) is 68.2 Å². The van der Waals surface area contributed by atoms with Crippen LogP contribution in [0.25, 0.3) is 5.65 Å². The fourth-order valence-corrected chi connectivity index (χ4v) is 6.03. The molecule has 1 aliphatic rings. The van der Waals surface area contributed by atoms with Gasteiger partial charge in [0.05, 0.1) is 29.3 Å². The second-order valence-corrected chi connectivity index (χ2v) is 13.1. The van der Waals surface area contributed by atoms with E-state index >= 15 is 0 Å². The van der Waals surface area contributed by atoms with Gasteiger partial charge in [-0.1, -0.05) is 30.2 Å². The van der Waals surface area contributed by atoms with E-state index in [9.17, 15) is 18.0 Å². The number of piperazine rings is 1. The normalized spacial score (nSPS) is 15.8. The predicted molar refractivity (Wildman–Crippen MR) is 185 cm³/mol. The van der Waals surface area contributed by atoms with Crippen LogP contribution in [0.1, 0.15) is 70.7 Å². The fourth-order valence-electron chi connectivity index (χ4n) is 6.03. The summed E-state index contributed by atoms with van der Waals surface area (Å²) in [5.41, 5.74) is 4.82. The first-order valence-corrected chi connectivity index (χ1v) is 16.4. The van der Waals surface area contributed by atoms with Crippen molar-refractivity contribution in [1.82, 2.24) is 29.0 Å². The second kappa shape index (κ2) is 13.9. The Bertz CT molecular complexity index is 2050. The third-order valence-corrected chi connectivity index (χ3v) is 9.11. The van der Waals surface area contributed by atoms with E-state index in [1.807, 2.05) is 53.6 Å². The van der Waals surface area contributed by atoms with E-state index in [-0.39, 0.29) is 36.4 Å². The van der Waals surface area contributed by atoms with Crippen molar-refractivity contribution in [2.24, 2.45) is 0 Å². The first-order chi connectivity index (χ1) is 23.4. The summed E-state index contributed by atoms with van der Waals surface area (Å²) >= 11 is 0. The lowest BCUT2D eigenvalue weighted by Crippen LogP contribution is -2.49. The number of fused-ring (bicyclic) bond motifs is 1. The molecule has 6 rings (SSSR count). The van der Waals surface area contributed by atoms with Gasteiger partial charge in [-0.2, -0.15) is 18.3 Å². The van der Waals surface area contributed by atoms with Crippen LogP contribution in [0.2, 0.25) is 0 Å². The number of ketones is 1. The van der Waals surface area contributed by atoms with Gasteiger partial charge in [-0.25, -0.2) is 4.98 Å². The molecule has 1 saturated heterocycles. The summed E-state index contributed by atoms with van der Waals surface area (Å²) in [6.45, 7) is 10.5. The average molecular weight is 668 g/mol. The van der Waals surface area contributed by atoms with Crippen molar-refractivity contribution in [3.05, 3.63) is 112 Å². The Labute approximate surface area is 284 Å². The van der Waals surface area contributed by atoms with Crippen LogP contribution in [-0.2, 0) is 19.1 Å². The molecule has 0 spiro atoms. The number of anilines is 2. The van der Waals surface area contributed by atoms with Crippen molar-refractivity contribution in [2.45, 2.75) is 58.9 Å². The summed E-state index contributed by atoms with van der Waals surface area (Å²) < 4.78 is 46.3. The van der Waals surface area contributed by atoms with E-state index < -0.39 is 11.7 Å². The van der Waals surface area contributed by atoms with Gasteiger partial charge in [0.1, 0.15) is 5.69 Å². The molecule has 0 unspecified atom stereocenters. The van der Waals surface area contributed by atoms with Crippen molar-refractivity contribution < 1.29 is 18.0 Å². The highest BCUT2D eigenvalue weighted by Crippen LogP contribution is 2.34. The van der Waals surface area contributed by atoms with E-state index in [0.29, 0.717) is 41.1 Å². The number of aromatic nitrogens is 4. The maximum absolute atomic E-state index is 14.2. The molecule has 1 aliphatic heterocycles. The van der Waals surface area contributed by atoms with Gasteiger partial charge in [-0.05, 0) is 81.6 Å². The molecule has 5 aromatic rings. The lowest BCUT2D eigenvalue weighted by molar-refractivity contribution is -0.138. The van der Waals surface area contributed by atoms with Crippen molar-refractivity contribution in [2.75, 3.05) is 32.0 Å². The third kappa shape index (κ3) is 7.71. The van der Waals surface area contributed by atoms with E-state index in [4.69, 9.17) is 0 Å². The molecule has 4 heterocycles. The number of Topliss-reactive ketones (excluding diaryl/α,β-unsaturated/α-hetero) is 1. The summed E-state index contributed by atoms with van der Waals surface area (Å²) in [4.78, 5) is 22.2. The molecule has 0 bridgehead atoms. The second-order valence-electron chi connectivity index (χ2n) is 13.1. The molecule has 1 atom stereocenters. The summed E-state index contributed by atoms with van der Waals surface area (Å²) in [5, 5.41) is 7.76. The largest absolute Gasteiger partial charge is 0.416 e. The van der Waals surface area contributed by atoms with Gasteiger partial charge in [-0.3, -0.25) is 18.8 Å². The van der Waals surface area contributed by atoms with Crippen LogP contribution < -0.4 is 5.32 Å². The third-order valence-electron chi connectivity index (χ3n) is 9.11. The number of hydrogen-bond acceptors (Lipinski definition) is 6. The number of nitrogens with zero attached hydrogens (tertiary/aromatic N) is 6. The van der Waals surface area contributed by atoms with Crippen molar-refractivity contribution in [3.8, 4) is 11.8 Å². The minimum Gasteiger partial charge on any atom is -0.350 e. The van der Waals surface area contributed by atoms with Gasteiger partial charge in [0.2, 0.25) is 0 Å². The van der Waals surface area contributed by atoms with Gasteiger partial charge in [0.25, 0.3) is 0 Å². The highest BCUT2D eigenvalue weighted by Gasteiger charge is 2.34. The van der Waals surface area contributed by atoms with Crippen molar-refractivity contribution >= 4 is 22.8 Å². The van der Waals surface area contributed by atoms with Crippen molar-refractivity contribution in [1.29, 1.82) is 0 Å². The number of pyridine rings is 1. The molecule has 49 heavy (non-hydrogen) atoms. The molecular formula is C38H40F3N7O. The first kappa shape index (κ1) is 34.0. The zero-order valence-electron chi connectivity index (χ0n) is 28.3. The molecule has 0 saturated carbocycles. The molecule has 1 fully saturated rings. The van der Waals surface area contributed by atoms with Crippen LogP contribution in [0.15, 0.2) is 73.3 Å². The maximum atomic E-state index is 14.2. The molecule has 0 radical (unpaired) electrons. The van der Waals surface area contributed by atoms with Gasteiger partial charge in [-0.15, -0.1) is 0 Å². The standard InChI is InChI=1S/C38H40F3N7O/c1-25(2)48-24-32(20-43-48)44-35-7-6-14-47-33(21-42-37(35)47)13-12-29-19-30(10-8-26(29)3)36(49)18-28-9-11-31(34(17-28)38(39,40)41)23-46-16-15-45(5)27(4)22-46/h6-11,14,17,19-21,24-25,27,44H,15-16,18,22-23H2,1-5H3/t27-/m1/s1. The highest BCUT2D eigenvalue weighted by molar-refractivity contribution is 5.98. The molecule has 3 aromatic heterocycles. The lowest BCUT2D eigenvalue weighted by Gasteiger charge is -2.38. The number of imidazole rings is 1. The molecule has 0 amide bonds. The fraction of sp³-hybridized carbons (Fsp3) is 0.342.